The zero-order valence-corrected chi connectivity index (χ0v) is 46.3. The second-order valence-electron chi connectivity index (χ2n) is 23.6. The maximum atomic E-state index is 12.8. The quantitative estimate of drug-likeness (QED) is 0.0506. The van der Waals surface area contributed by atoms with E-state index in [4.69, 9.17) is 0 Å². The molecule has 0 aromatic heterocycles. The number of hydrogen-bond donors (Lipinski definition) is 12. The summed E-state index contributed by atoms with van der Waals surface area (Å²) in [5.74, 6) is -3.05. The Labute approximate surface area is 453 Å². The lowest BCUT2D eigenvalue weighted by atomic mass is 9.75. The molecule has 5 aliphatic carbocycles. The van der Waals surface area contributed by atoms with Crippen LogP contribution < -0.4 is 21.3 Å². The Balaban J connectivity index is 1.33. The number of benzene rings is 4. The van der Waals surface area contributed by atoms with Crippen LogP contribution >= 0.6 is 0 Å². The number of hydrogen-bond acceptors (Lipinski definition) is 12. The molecule has 416 valence electrons. The lowest BCUT2D eigenvalue weighted by Crippen LogP contribution is -2.31. The van der Waals surface area contributed by atoms with E-state index in [9.17, 15) is 40.9 Å². The standard InChI is InChI=1S/C64H92N4O8/c1-5-41-45-29-47(59(71)53(57(45)69)33-65-37-21-13-9-14-22-37)42(6-2)49-31-51(63(75)55(61(49)73)35-67-39-25-17-11-18-26-39)44(8-4)52-32-50(62(74)56(64(52)76)36-68-40-27-19-12-20-28-40)43(7-3)48-30-46(41)58(70)54(60(48)72)34-66-38-23-15-10-16-24-38/h29-32,37-44,65-76H,5-28,33-36H2,1-4H3. The van der Waals surface area contributed by atoms with Crippen LogP contribution in [0.25, 0.3) is 0 Å². The van der Waals surface area contributed by atoms with Gasteiger partial charge in [0.2, 0.25) is 0 Å². The van der Waals surface area contributed by atoms with Crippen LogP contribution in [0.2, 0.25) is 0 Å². The molecule has 76 heavy (non-hydrogen) atoms. The number of rotatable bonds is 16. The van der Waals surface area contributed by atoms with Gasteiger partial charge in [0.1, 0.15) is 46.0 Å². The molecule has 0 spiro atoms. The highest BCUT2D eigenvalue weighted by Crippen LogP contribution is 2.55. The molecule has 0 unspecified atom stereocenters. The number of nitrogens with one attached hydrogen (secondary N) is 4. The second kappa shape index (κ2) is 25.3. The van der Waals surface area contributed by atoms with Crippen molar-refractivity contribution < 1.29 is 40.9 Å². The molecule has 0 aliphatic heterocycles. The molecule has 0 heterocycles. The van der Waals surface area contributed by atoms with E-state index < -0.39 is 23.7 Å². The van der Waals surface area contributed by atoms with Crippen LogP contribution in [0.4, 0.5) is 0 Å². The summed E-state index contributed by atoms with van der Waals surface area (Å²) in [7, 11) is 0. The van der Waals surface area contributed by atoms with Gasteiger partial charge in [0.15, 0.2) is 0 Å². The Morgan fingerprint density at radius 2 is 0.434 bits per heavy atom. The number of aromatic hydroxyl groups is 8. The Kier molecular flexibility index (Phi) is 18.6. The maximum absolute atomic E-state index is 12.8. The second-order valence-corrected chi connectivity index (χ2v) is 23.6. The van der Waals surface area contributed by atoms with Crippen LogP contribution in [-0.4, -0.2) is 65.0 Å². The van der Waals surface area contributed by atoms with Crippen molar-refractivity contribution in [2.45, 2.75) is 256 Å². The number of phenols is 8. The van der Waals surface area contributed by atoms with Gasteiger partial charge in [0.05, 0.1) is 22.3 Å². The smallest absolute Gasteiger partial charge is 0.127 e. The number of phenolic OH excluding ortho intramolecular Hbond substituents is 8. The van der Waals surface area contributed by atoms with Crippen molar-refractivity contribution in [3.8, 4) is 46.0 Å². The molecule has 4 fully saturated rings. The van der Waals surface area contributed by atoms with Gasteiger partial charge in [0, 0.05) is 119 Å². The molecule has 4 saturated carbocycles. The van der Waals surface area contributed by atoms with Crippen LogP contribution in [-0.2, 0) is 26.2 Å². The van der Waals surface area contributed by atoms with E-state index in [0.29, 0.717) is 92.4 Å². The average Bonchev–Trinajstić information content (AvgIpc) is 3.50. The lowest BCUT2D eigenvalue weighted by Gasteiger charge is -2.32. The summed E-state index contributed by atoms with van der Waals surface area (Å²) >= 11 is 0. The van der Waals surface area contributed by atoms with Crippen molar-refractivity contribution in [3.05, 3.63) is 91.0 Å². The summed E-state index contributed by atoms with van der Waals surface area (Å²) in [6, 6.07) is 8.30. The molecular weight excluding hydrogens is 953 g/mol. The minimum absolute atomic E-state index is 0.0645. The van der Waals surface area contributed by atoms with Crippen molar-refractivity contribution >= 4 is 0 Å². The SMILES string of the molecule is CCC1c2cc(c(O)c(CNC3CCCCC3)c2O)C(CC)c2cc(c(O)c(CNC3CCCCC3)c2O)C(CC)c2cc(c(O)c(CNC3CCCCC3)c2O)C(CC)c2cc1c(O)c(CNC1CCCCC1)c2O. The topological polar surface area (TPSA) is 210 Å². The lowest BCUT2D eigenvalue weighted by molar-refractivity contribution is 0.360. The van der Waals surface area contributed by atoms with E-state index >= 15 is 0 Å². The highest BCUT2D eigenvalue weighted by Gasteiger charge is 2.37. The van der Waals surface area contributed by atoms with Crippen molar-refractivity contribution in [1.29, 1.82) is 0 Å². The van der Waals surface area contributed by atoms with E-state index in [0.717, 1.165) is 103 Å². The van der Waals surface area contributed by atoms with Crippen molar-refractivity contribution in [1.82, 2.24) is 21.3 Å². The van der Waals surface area contributed by atoms with E-state index in [-0.39, 0.29) is 96.3 Å². The van der Waals surface area contributed by atoms with E-state index in [1.165, 1.54) is 25.7 Å². The fourth-order valence-electron chi connectivity index (χ4n) is 14.5. The molecule has 9 rings (SSSR count). The summed E-state index contributed by atoms with van der Waals surface area (Å²) in [6.45, 7) is 8.88. The monoisotopic (exact) mass is 1040 g/mol. The van der Waals surface area contributed by atoms with Gasteiger partial charge in [-0.25, -0.2) is 0 Å². The first-order chi connectivity index (χ1) is 36.9. The van der Waals surface area contributed by atoms with Crippen LogP contribution in [0.3, 0.4) is 0 Å². The molecule has 4 aromatic carbocycles. The first-order valence-corrected chi connectivity index (χ1v) is 30.1. The third-order valence-corrected chi connectivity index (χ3v) is 19.0. The molecular formula is C64H92N4O8. The summed E-state index contributed by atoms with van der Waals surface area (Å²) < 4.78 is 0. The Bertz CT molecular complexity index is 2160. The van der Waals surface area contributed by atoms with Crippen molar-refractivity contribution in [2.75, 3.05) is 0 Å². The van der Waals surface area contributed by atoms with E-state index in [2.05, 4.69) is 21.3 Å². The third kappa shape index (κ3) is 11.5. The van der Waals surface area contributed by atoms with Crippen LogP contribution in [0.1, 0.15) is 272 Å². The van der Waals surface area contributed by atoms with Crippen LogP contribution in [0.5, 0.6) is 46.0 Å². The van der Waals surface area contributed by atoms with E-state index in [1.54, 1.807) is 0 Å². The van der Waals surface area contributed by atoms with Gasteiger partial charge in [-0.1, -0.05) is 105 Å². The zero-order valence-electron chi connectivity index (χ0n) is 46.3. The van der Waals surface area contributed by atoms with Gasteiger partial charge in [-0.3, -0.25) is 0 Å². The maximum Gasteiger partial charge on any atom is 0.127 e. The summed E-state index contributed by atoms with van der Waals surface area (Å²) in [5.41, 5.74) is 5.53. The molecule has 0 radical (unpaired) electrons. The first-order valence-electron chi connectivity index (χ1n) is 30.1. The summed E-state index contributed by atoms with van der Waals surface area (Å²) in [5, 5.41) is 117. The molecule has 12 N–H and O–H groups in total. The average molecular weight is 1050 g/mol. The molecule has 0 saturated heterocycles. The fourth-order valence-corrected chi connectivity index (χ4v) is 14.5. The predicted octanol–water partition coefficient (Wildman–Crippen LogP) is 13.5. The highest BCUT2D eigenvalue weighted by molar-refractivity contribution is 5.67. The Morgan fingerprint density at radius 3 is 0.579 bits per heavy atom. The normalized spacial score (nSPS) is 22.3. The van der Waals surface area contributed by atoms with Crippen molar-refractivity contribution in [3.63, 3.8) is 0 Å². The number of fused-ring (bicyclic) bond motifs is 8. The Morgan fingerprint density at radius 1 is 0.276 bits per heavy atom. The highest BCUT2D eigenvalue weighted by atomic mass is 16.3. The summed E-state index contributed by atoms with van der Waals surface area (Å²) in [4.78, 5) is 0. The molecule has 0 atom stereocenters. The molecule has 12 heteroatoms. The van der Waals surface area contributed by atoms with Crippen LogP contribution in [0.15, 0.2) is 24.3 Å². The first kappa shape index (κ1) is 55.9. The van der Waals surface area contributed by atoms with Crippen molar-refractivity contribution in [2.24, 2.45) is 0 Å². The van der Waals surface area contributed by atoms with Gasteiger partial charge >= 0.3 is 0 Å². The molecule has 8 bridgehead atoms. The fraction of sp³-hybridized carbons (Fsp3) is 0.625. The van der Waals surface area contributed by atoms with Gasteiger partial charge < -0.3 is 62.1 Å². The zero-order chi connectivity index (χ0) is 53.6. The Hall–Kier alpha value is -4.88. The predicted molar refractivity (Wildman–Crippen MR) is 302 cm³/mol. The van der Waals surface area contributed by atoms with E-state index in [1.807, 2.05) is 52.0 Å². The van der Waals surface area contributed by atoms with Gasteiger partial charge in [-0.2, -0.15) is 0 Å². The molecule has 5 aliphatic rings. The van der Waals surface area contributed by atoms with Gasteiger partial charge in [-0.05, 0) is 101 Å². The molecule has 12 nitrogen and oxygen atoms in total. The third-order valence-electron chi connectivity index (χ3n) is 19.0. The summed E-state index contributed by atoms with van der Waals surface area (Å²) in [6.07, 6.45) is 23.2. The largest absolute Gasteiger partial charge is 0.507 e. The molecule has 4 aromatic rings. The van der Waals surface area contributed by atoms with Crippen LogP contribution in [0, 0.1) is 0 Å². The molecule has 0 amide bonds. The minimum atomic E-state index is -0.633. The van der Waals surface area contributed by atoms with Gasteiger partial charge in [0.25, 0.3) is 0 Å². The van der Waals surface area contributed by atoms with Gasteiger partial charge in [-0.15, -0.1) is 0 Å². The minimum Gasteiger partial charge on any atom is -0.507 e.